The molecule has 0 radical (unpaired) electrons. The van der Waals surface area contributed by atoms with E-state index in [1.54, 1.807) is 0 Å². The Hall–Kier alpha value is -1.16. The van der Waals surface area contributed by atoms with Gasteiger partial charge in [-0.3, -0.25) is 4.90 Å². The van der Waals surface area contributed by atoms with Crippen LogP contribution in [-0.2, 0) is 6.42 Å². The van der Waals surface area contributed by atoms with Crippen LogP contribution in [0, 0.1) is 6.92 Å². The largest absolute Gasteiger partial charge is 0.326 e. The molecule has 0 amide bonds. The molecule has 2 rings (SSSR count). The predicted octanol–water partition coefficient (Wildman–Crippen LogP) is 4.01. The van der Waals surface area contributed by atoms with Gasteiger partial charge in [-0.1, -0.05) is 30.3 Å². The van der Waals surface area contributed by atoms with Gasteiger partial charge in [-0.25, -0.2) is 0 Å². The summed E-state index contributed by atoms with van der Waals surface area (Å²) >= 11 is 1.86. The number of aryl methyl sites for hydroxylation is 2. The van der Waals surface area contributed by atoms with Gasteiger partial charge in [0.15, 0.2) is 0 Å². The van der Waals surface area contributed by atoms with Crippen molar-refractivity contribution in [2.45, 2.75) is 38.8 Å². The van der Waals surface area contributed by atoms with Crippen LogP contribution in [0.4, 0.5) is 0 Å². The third-order valence-electron chi connectivity index (χ3n) is 3.84. The van der Waals surface area contributed by atoms with Gasteiger partial charge in [0.2, 0.25) is 0 Å². The van der Waals surface area contributed by atoms with Crippen molar-refractivity contribution in [3.63, 3.8) is 0 Å². The van der Waals surface area contributed by atoms with Gasteiger partial charge in [-0.15, -0.1) is 11.3 Å². The SMILES string of the molecule is Cc1ccc(C(C(C)N)N(C)CCCc2ccccc2)s1. The van der Waals surface area contributed by atoms with Crippen LogP contribution in [0.1, 0.15) is 34.7 Å². The summed E-state index contributed by atoms with van der Waals surface area (Å²) in [5.41, 5.74) is 7.64. The van der Waals surface area contributed by atoms with Crippen LogP contribution in [-0.4, -0.2) is 24.5 Å². The van der Waals surface area contributed by atoms with E-state index >= 15 is 0 Å². The van der Waals surface area contributed by atoms with E-state index in [9.17, 15) is 0 Å². The number of hydrogen-bond donors (Lipinski definition) is 1. The Morgan fingerprint density at radius 1 is 1.14 bits per heavy atom. The molecule has 0 saturated carbocycles. The Balaban J connectivity index is 1.92. The van der Waals surface area contributed by atoms with Crippen LogP contribution < -0.4 is 5.73 Å². The molecule has 1 heterocycles. The molecule has 0 saturated heterocycles. The zero-order valence-electron chi connectivity index (χ0n) is 13.3. The summed E-state index contributed by atoms with van der Waals surface area (Å²) in [5, 5.41) is 0. The van der Waals surface area contributed by atoms with Crippen molar-refractivity contribution in [1.82, 2.24) is 4.90 Å². The van der Waals surface area contributed by atoms with E-state index in [1.807, 2.05) is 11.3 Å². The van der Waals surface area contributed by atoms with Crippen LogP contribution in [0.5, 0.6) is 0 Å². The highest BCUT2D eigenvalue weighted by molar-refractivity contribution is 7.12. The van der Waals surface area contributed by atoms with Gasteiger partial charge < -0.3 is 5.73 Å². The maximum atomic E-state index is 6.23. The van der Waals surface area contributed by atoms with E-state index < -0.39 is 0 Å². The lowest BCUT2D eigenvalue weighted by atomic mass is 10.1. The maximum absolute atomic E-state index is 6.23. The molecule has 0 aliphatic heterocycles. The maximum Gasteiger partial charge on any atom is 0.0588 e. The zero-order chi connectivity index (χ0) is 15.2. The number of rotatable bonds is 7. The molecule has 21 heavy (non-hydrogen) atoms. The first kappa shape index (κ1) is 16.2. The predicted molar refractivity (Wildman–Crippen MR) is 92.8 cm³/mol. The minimum atomic E-state index is 0.143. The fraction of sp³-hybridized carbons (Fsp3) is 0.444. The third-order valence-corrected chi connectivity index (χ3v) is 4.92. The lowest BCUT2D eigenvalue weighted by molar-refractivity contribution is 0.220. The van der Waals surface area contributed by atoms with E-state index in [2.05, 4.69) is 68.3 Å². The molecule has 2 atom stereocenters. The summed E-state index contributed by atoms with van der Waals surface area (Å²) in [6, 6.07) is 15.6. The molecular formula is C18H26N2S. The minimum Gasteiger partial charge on any atom is -0.326 e. The zero-order valence-corrected chi connectivity index (χ0v) is 14.1. The molecule has 1 aromatic carbocycles. The number of hydrogen-bond acceptors (Lipinski definition) is 3. The Morgan fingerprint density at radius 2 is 1.86 bits per heavy atom. The van der Waals surface area contributed by atoms with Crippen molar-refractivity contribution in [3.8, 4) is 0 Å². The summed E-state index contributed by atoms with van der Waals surface area (Å²) in [7, 11) is 2.19. The second kappa shape index (κ2) is 7.74. The second-order valence-corrected chi connectivity index (χ2v) is 7.14. The minimum absolute atomic E-state index is 0.143. The fourth-order valence-corrected chi connectivity index (χ4v) is 3.97. The molecule has 0 aliphatic rings. The lowest BCUT2D eigenvalue weighted by Crippen LogP contribution is -2.37. The van der Waals surface area contributed by atoms with Crippen LogP contribution in [0.25, 0.3) is 0 Å². The molecule has 2 unspecified atom stereocenters. The highest BCUT2D eigenvalue weighted by Crippen LogP contribution is 2.29. The van der Waals surface area contributed by atoms with Crippen molar-refractivity contribution in [1.29, 1.82) is 0 Å². The van der Waals surface area contributed by atoms with Gasteiger partial charge in [0, 0.05) is 15.8 Å². The highest BCUT2D eigenvalue weighted by atomic mass is 32.1. The molecule has 2 N–H and O–H groups in total. The smallest absolute Gasteiger partial charge is 0.0588 e. The molecule has 0 bridgehead atoms. The Bertz CT molecular complexity index is 533. The van der Waals surface area contributed by atoms with Crippen molar-refractivity contribution in [2.24, 2.45) is 5.73 Å². The molecule has 0 spiro atoms. The third kappa shape index (κ3) is 4.67. The highest BCUT2D eigenvalue weighted by Gasteiger charge is 2.22. The Kier molecular flexibility index (Phi) is 5.97. The fourth-order valence-electron chi connectivity index (χ4n) is 2.81. The Labute approximate surface area is 132 Å². The molecule has 0 aliphatic carbocycles. The van der Waals surface area contributed by atoms with E-state index in [4.69, 9.17) is 5.73 Å². The second-order valence-electron chi connectivity index (χ2n) is 5.82. The van der Waals surface area contributed by atoms with E-state index in [1.165, 1.54) is 15.3 Å². The van der Waals surface area contributed by atoms with Gasteiger partial charge in [0.1, 0.15) is 0 Å². The van der Waals surface area contributed by atoms with Crippen molar-refractivity contribution >= 4 is 11.3 Å². The molecule has 0 fully saturated rings. The van der Waals surface area contributed by atoms with Crippen LogP contribution in [0.3, 0.4) is 0 Å². The van der Waals surface area contributed by atoms with Gasteiger partial charge in [-0.05, 0) is 58.0 Å². The molecule has 1 aromatic heterocycles. The van der Waals surface area contributed by atoms with E-state index in [0.717, 1.165) is 19.4 Å². The summed E-state index contributed by atoms with van der Waals surface area (Å²) in [4.78, 5) is 5.14. The van der Waals surface area contributed by atoms with Crippen molar-refractivity contribution < 1.29 is 0 Å². The normalized spacial score (nSPS) is 14.3. The number of nitrogens with zero attached hydrogens (tertiary/aromatic N) is 1. The summed E-state index contributed by atoms with van der Waals surface area (Å²) in [6.45, 7) is 5.33. The van der Waals surface area contributed by atoms with Crippen LogP contribution in [0.15, 0.2) is 42.5 Å². The first-order chi connectivity index (χ1) is 10.1. The van der Waals surface area contributed by atoms with Gasteiger partial charge in [-0.2, -0.15) is 0 Å². The van der Waals surface area contributed by atoms with E-state index in [0.29, 0.717) is 6.04 Å². The van der Waals surface area contributed by atoms with Gasteiger partial charge >= 0.3 is 0 Å². The molecule has 114 valence electrons. The molecule has 3 heteroatoms. The summed E-state index contributed by atoms with van der Waals surface area (Å²) in [5.74, 6) is 0. The van der Waals surface area contributed by atoms with Crippen molar-refractivity contribution in [2.75, 3.05) is 13.6 Å². The molecule has 2 nitrogen and oxygen atoms in total. The summed E-state index contributed by atoms with van der Waals surface area (Å²) in [6.07, 6.45) is 2.29. The first-order valence-electron chi connectivity index (χ1n) is 7.64. The molecule has 2 aromatic rings. The lowest BCUT2D eigenvalue weighted by Gasteiger charge is -2.30. The number of likely N-dealkylation sites (N-methyl/N-ethyl adjacent to an activating group) is 1. The quantitative estimate of drug-likeness (QED) is 0.837. The van der Waals surface area contributed by atoms with Crippen molar-refractivity contribution in [3.05, 3.63) is 57.8 Å². The first-order valence-corrected chi connectivity index (χ1v) is 8.45. The number of nitrogens with two attached hydrogens (primary N) is 1. The topological polar surface area (TPSA) is 29.3 Å². The van der Waals surface area contributed by atoms with E-state index in [-0.39, 0.29) is 6.04 Å². The van der Waals surface area contributed by atoms with Crippen LogP contribution >= 0.6 is 11.3 Å². The standard InChI is InChI=1S/C18H26N2S/c1-14-11-12-17(21-14)18(15(2)19)20(3)13-7-10-16-8-5-4-6-9-16/h4-6,8-9,11-12,15,18H,7,10,13,19H2,1-3H3. The monoisotopic (exact) mass is 302 g/mol. The molecular weight excluding hydrogens is 276 g/mol. The number of benzene rings is 1. The van der Waals surface area contributed by atoms with Crippen LogP contribution in [0.2, 0.25) is 0 Å². The van der Waals surface area contributed by atoms with Gasteiger partial charge in [0.25, 0.3) is 0 Å². The number of thiophene rings is 1. The Morgan fingerprint density at radius 3 is 2.43 bits per heavy atom. The average Bonchev–Trinajstić information content (AvgIpc) is 2.86. The van der Waals surface area contributed by atoms with Gasteiger partial charge in [0.05, 0.1) is 6.04 Å². The average molecular weight is 302 g/mol. The summed E-state index contributed by atoms with van der Waals surface area (Å²) < 4.78 is 0.